The van der Waals surface area contributed by atoms with Gasteiger partial charge in [0, 0.05) is 16.1 Å². The smallest absolute Gasteiger partial charge is 0.249 e. The second-order valence-corrected chi connectivity index (χ2v) is 6.13. The van der Waals surface area contributed by atoms with Crippen molar-refractivity contribution < 1.29 is 0 Å². The van der Waals surface area contributed by atoms with Crippen molar-refractivity contribution in [3.63, 3.8) is 0 Å². The van der Waals surface area contributed by atoms with E-state index in [2.05, 4.69) is 46.7 Å². The van der Waals surface area contributed by atoms with E-state index >= 15 is 0 Å². The second-order valence-electron chi connectivity index (χ2n) is 5.28. The monoisotopic (exact) mass is 392 g/mol. The molecule has 0 unspecified atom stereocenters. The summed E-state index contributed by atoms with van der Waals surface area (Å²) in [6, 6.07) is 17.6. The summed E-state index contributed by atoms with van der Waals surface area (Å²) in [6.45, 7) is 0. The van der Waals surface area contributed by atoms with Crippen molar-refractivity contribution in [1.82, 2.24) is 20.2 Å². The normalized spacial score (nSPS) is 10.6. The molecule has 7 heteroatoms. The molecule has 2 N–H and O–H groups in total. The fraction of sp³-hybridized carbons (Fsp3) is 0. The SMILES string of the molecule is Brc1ccccc1Nc1nncc(Nc2cccc3cccnc23)n1. The number of anilines is 4. The van der Waals surface area contributed by atoms with Crippen LogP contribution in [0.1, 0.15) is 0 Å². The molecule has 0 saturated heterocycles. The summed E-state index contributed by atoms with van der Waals surface area (Å²) in [5.74, 6) is 0.993. The Labute approximate surface area is 152 Å². The van der Waals surface area contributed by atoms with Crippen molar-refractivity contribution in [2.24, 2.45) is 0 Å². The third-order valence-corrected chi connectivity index (χ3v) is 4.27. The van der Waals surface area contributed by atoms with E-state index in [4.69, 9.17) is 0 Å². The Morgan fingerprint density at radius 2 is 1.68 bits per heavy atom. The third kappa shape index (κ3) is 3.41. The number of fused-ring (bicyclic) bond motifs is 1. The lowest BCUT2D eigenvalue weighted by Crippen LogP contribution is -2.03. The topological polar surface area (TPSA) is 75.6 Å². The van der Waals surface area contributed by atoms with E-state index in [0.717, 1.165) is 26.8 Å². The molecule has 0 amide bonds. The van der Waals surface area contributed by atoms with E-state index < -0.39 is 0 Å². The van der Waals surface area contributed by atoms with Gasteiger partial charge in [-0.1, -0.05) is 30.3 Å². The minimum Gasteiger partial charge on any atom is -0.337 e. The highest BCUT2D eigenvalue weighted by Gasteiger charge is 2.06. The van der Waals surface area contributed by atoms with Gasteiger partial charge in [0.1, 0.15) is 0 Å². The molecular weight excluding hydrogens is 380 g/mol. The summed E-state index contributed by atoms with van der Waals surface area (Å²) >= 11 is 3.49. The average molecular weight is 393 g/mol. The van der Waals surface area contributed by atoms with E-state index in [0.29, 0.717) is 11.8 Å². The quantitative estimate of drug-likeness (QED) is 0.525. The highest BCUT2D eigenvalue weighted by molar-refractivity contribution is 9.10. The maximum absolute atomic E-state index is 4.47. The molecule has 4 rings (SSSR count). The Hall–Kier alpha value is -3.06. The number of pyridine rings is 1. The summed E-state index contributed by atoms with van der Waals surface area (Å²) in [6.07, 6.45) is 3.35. The number of aromatic nitrogens is 4. The van der Waals surface area contributed by atoms with E-state index in [-0.39, 0.29) is 0 Å². The van der Waals surface area contributed by atoms with Gasteiger partial charge in [-0.2, -0.15) is 10.1 Å². The molecule has 25 heavy (non-hydrogen) atoms. The molecule has 6 nitrogen and oxygen atoms in total. The third-order valence-electron chi connectivity index (χ3n) is 3.57. The molecule has 4 aromatic rings. The highest BCUT2D eigenvalue weighted by atomic mass is 79.9. The highest BCUT2D eigenvalue weighted by Crippen LogP contribution is 2.26. The van der Waals surface area contributed by atoms with Crippen molar-refractivity contribution in [1.29, 1.82) is 0 Å². The van der Waals surface area contributed by atoms with Crippen LogP contribution in [0.25, 0.3) is 10.9 Å². The molecule has 0 aliphatic carbocycles. The summed E-state index contributed by atoms with van der Waals surface area (Å²) in [4.78, 5) is 8.90. The van der Waals surface area contributed by atoms with E-state index in [1.54, 1.807) is 12.4 Å². The maximum Gasteiger partial charge on any atom is 0.249 e. The first-order chi connectivity index (χ1) is 12.3. The Kier molecular flexibility index (Phi) is 4.22. The Morgan fingerprint density at radius 3 is 2.60 bits per heavy atom. The van der Waals surface area contributed by atoms with Crippen LogP contribution < -0.4 is 10.6 Å². The molecule has 0 atom stereocenters. The predicted molar refractivity (Wildman–Crippen MR) is 102 cm³/mol. The van der Waals surface area contributed by atoms with Crippen molar-refractivity contribution in [2.75, 3.05) is 10.6 Å². The number of para-hydroxylation sites is 2. The maximum atomic E-state index is 4.47. The molecule has 0 fully saturated rings. The van der Waals surface area contributed by atoms with E-state index in [9.17, 15) is 0 Å². The Balaban J connectivity index is 1.62. The molecule has 0 saturated carbocycles. The van der Waals surface area contributed by atoms with Gasteiger partial charge in [-0.25, -0.2) is 0 Å². The van der Waals surface area contributed by atoms with E-state index in [1.807, 2.05) is 54.6 Å². The summed E-state index contributed by atoms with van der Waals surface area (Å²) in [5, 5.41) is 15.5. The first kappa shape index (κ1) is 15.5. The largest absolute Gasteiger partial charge is 0.337 e. The summed E-state index contributed by atoms with van der Waals surface area (Å²) < 4.78 is 0.926. The second kappa shape index (κ2) is 6.82. The number of rotatable bonds is 4. The Bertz CT molecular complexity index is 1030. The van der Waals surface area contributed by atoms with Gasteiger partial charge in [0.2, 0.25) is 5.95 Å². The van der Waals surface area contributed by atoms with Gasteiger partial charge in [-0.05, 0) is 40.2 Å². The van der Waals surface area contributed by atoms with Gasteiger partial charge in [-0.3, -0.25) is 4.98 Å². The number of hydrogen-bond donors (Lipinski definition) is 2. The first-order valence-electron chi connectivity index (χ1n) is 7.62. The van der Waals surface area contributed by atoms with Crippen LogP contribution in [0.5, 0.6) is 0 Å². The minimum absolute atomic E-state index is 0.407. The molecule has 0 radical (unpaired) electrons. The summed E-state index contributed by atoms with van der Waals surface area (Å²) in [5.41, 5.74) is 2.61. The van der Waals surface area contributed by atoms with Crippen LogP contribution in [0.2, 0.25) is 0 Å². The molecule has 0 aliphatic heterocycles. The van der Waals surface area contributed by atoms with Crippen molar-refractivity contribution in [2.45, 2.75) is 0 Å². The van der Waals surface area contributed by atoms with Crippen molar-refractivity contribution >= 4 is 50.0 Å². The lowest BCUT2D eigenvalue weighted by atomic mass is 10.2. The number of hydrogen-bond acceptors (Lipinski definition) is 6. The molecule has 0 spiro atoms. The number of halogens is 1. The lowest BCUT2D eigenvalue weighted by Gasteiger charge is -2.10. The molecular formula is C18H13BrN6. The fourth-order valence-electron chi connectivity index (χ4n) is 2.44. The average Bonchev–Trinajstić information content (AvgIpc) is 2.64. The van der Waals surface area contributed by atoms with Crippen LogP contribution in [-0.2, 0) is 0 Å². The number of nitrogens with one attached hydrogen (secondary N) is 2. The Morgan fingerprint density at radius 1 is 0.840 bits per heavy atom. The molecule has 0 bridgehead atoms. The van der Waals surface area contributed by atoms with Gasteiger partial charge in [0.25, 0.3) is 0 Å². The molecule has 2 heterocycles. The molecule has 122 valence electrons. The zero-order valence-corrected chi connectivity index (χ0v) is 14.6. The van der Waals surface area contributed by atoms with Gasteiger partial charge in [-0.15, -0.1) is 5.10 Å². The fourth-order valence-corrected chi connectivity index (χ4v) is 2.83. The van der Waals surface area contributed by atoms with Gasteiger partial charge >= 0.3 is 0 Å². The van der Waals surface area contributed by atoms with E-state index in [1.165, 1.54) is 0 Å². The van der Waals surface area contributed by atoms with Crippen molar-refractivity contribution in [3.05, 3.63) is 71.5 Å². The molecule has 2 aromatic heterocycles. The van der Waals surface area contributed by atoms with Crippen LogP contribution in [0.3, 0.4) is 0 Å². The zero-order valence-electron chi connectivity index (χ0n) is 13.0. The van der Waals surface area contributed by atoms with Gasteiger partial charge in [0.05, 0.1) is 23.1 Å². The van der Waals surface area contributed by atoms with Crippen LogP contribution >= 0.6 is 15.9 Å². The molecule has 2 aromatic carbocycles. The number of nitrogens with zero attached hydrogens (tertiary/aromatic N) is 4. The van der Waals surface area contributed by atoms with Crippen molar-refractivity contribution in [3.8, 4) is 0 Å². The standard InChI is InChI=1S/C18H13BrN6/c19-13-7-1-2-8-14(13)23-18-24-16(11-21-25-18)22-15-9-3-5-12-6-4-10-20-17(12)15/h1-11H,(H2,22,23,24,25). The van der Waals surface area contributed by atoms with Crippen LogP contribution in [0, 0.1) is 0 Å². The lowest BCUT2D eigenvalue weighted by molar-refractivity contribution is 0.982. The van der Waals surface area contributed by atoms with Crippen LogP contribution in [0.15, 0.2) is 71.5 Å². The minimum atomic E-state index is 0.407. The zero-order chi connectivity index (χ0) is 17.1. The number of benzene rings is 2. The van der Waals surface area contributed by atoms with Crippen LogP contribution in [0.4, 0.5) is 23.1 Å². The first-order valence-corrected chi connectivity index (χ1v) is 8.41. The van der Waals surface area contributed by atoms with Gasteiger partial charge < -0.3 is 10.6 Å². The predicted octanol–water partition coefficient (Wildman–Crippen LogP) is 4.67. The van der Waals surface area contributed by atoms with Crippen LogP contribution in [-0.4, -0.2) is 20.2 Å². The van der Waals surface area contributed by atoms with Gasteiger partial charge in [0.15, 0.2) is 5.82 Å². The molecule has 0 aliphatic rings. The summed E-state index contributed by atoms with van der Waals surface area (Å²) in [7, 11) is 0.